The number of aliphatic carboxylic acids is 1. The van der Waals surface area contributed by atoms with Crippen LogP contribution in [-0.4, -0.2) is 43.2 Å². The van der Waals surface area contributed by atoms with Gasteiger partial charge in [-0.15, -0.1) is 0 Å². The van der Waals surface area contributed by atoms with Crippen molar-refractivity contribution in [1.82, 2.24) is 5.32 Å². The first-order valence-electron chi connectivity index (χ1n) is 5.49. The van der Waals surface area contributed by atoms with Crippen LogP contribution in [0, 0.1) is 0 Å². The van der Waals surface area contributed by atoms with Crippen LogP contribution in [0.15, 0.2) is 46.7 Å². The summed E-state index contributed by atoms with van der Waals surface area (Å²) in [5, 5.41) is 19.9. The second-order valence-electron chi connectivity index (χ2n) is 3.74. The van der Waals surface area contributed by atoms with Gasteiger partial charge in [0.1, 0.15) is 0 Å². The van der Waals surface area contributed by atoms with E-state index in [1.807, 2.05) is 5.32 Å². The van der Waals surface area contributed by atoms with Gasteiger partial charge in [0.25, 0.3) is 0 Å². The van der Waals surface area contributed by atoms with Crippen molar-refractivity contribution in [1.29, 1.82) is 0 Å². The van der Waals surface area contributed by atoms with Crippen LogP contribution in [0.4, 0.5) is 0 Å². The molecule has 0 saturated carbocycles. The topological polar surface area (TPSA) is 121 Å². The lowest BCUT2D eigenvalue weighted by Gasteiger charge is -2.09. The number of hydrogen-bond donors (Lipinski definition) is 3. The lowest BCUT2D eigenvalue weighted by atomic mass is 10.3. The number of carbonyl (C=O) groups is 2. The average Bonchev–Trinajstić information content (AvgIpc) is 2.43. The van der Waals surface area contributed by atoms with E-state index in [9.17, 15) is 18.0 Å². The van der Waals surface area contributed by atoms with Gasteiger partial charge in [-0.05, 0) is 12.1 Å². The molecule has 1 unspecified atom stereocenters. The summed E-state index contributed by atoms with van der Waals surface area (Å²) in [5.74, 6) is -2.34. The second-order valence-corrected chi connectivity index (χ2v) is 5.58. The number of carbonyl (C=O) groups excluding carboxylic acids is 1. The van der Waals surface area contributed by atoms with Gasteiger partial charge in [0.2, 0.25) is 5.91 Å². The Morgan fingerprint density at radius 2 is 1.85 bits per heavy atom. The van der Waals surface area contributed by atoms with E-state index in [1.54, 1.807) is 6.07 Å². The zero-order valence-electron chi connectivity index (χ0n) is 10.3. The van der Waals surface area contributed by atoms with Gasteiger partial charge in [-0.2, -0.15) is 0 Å². The molecule has 0 aromatic heterocycles. The molecule has 0 saturated heterocycles. The van der Waals surface area contributed by atoms with Gasteiger partial charge < -0.3 is 15.5 Å². The number of carboxylic acids is 1. The van der Waals surface area contributed by atoms with Gasteiger partial charge in [-0.3, -0.25) is 4.79 Å². The highest BCUT2D eigenvalue weighted by Crippen LogP contribution is 2.10. The van der Waals surface area contributed by atoms with Crippen LogP contribution in [0.3, 0.4) is 0 Å². The van der Waals surface area contributed by atoms with Crippen molar-refractivity contribution in [2.75, 3.05) is 6.61 Å². The molecule has 0 heterocycles. The first kappa shape index (κ1) is 15.9. The van der Waals surface area contributed by atoms with E-state index in [4.69, 9.17) is 10.2 Å². The molecule has 0 spiro atoms. The van der Waals surface area contributed by atoms with Crippen molar-refractivity contribution < 1.29 is 28.2 Å². The highest BCUT2D eigenvalue weighted by molar-refractivity contribution is 7.94. The molecule has 3 N–H and O–H groups in total. The molecule has 0 fully saturated rings. The van der Waals surface area contributed by atoms with Crippen LogP contribution < -0.4 is 5.32 Å². The van der Waals surface area contributed by atoms with E-state index in [-0.39, 0.29) is 4.90 Å². The Morgan fingerprint density at radius 1 is 1.25 bits per heavy atom. The number of hydrogen-bond acceptors (Lipinski definition) is 5. The monoisotopic (exact) mass is 299 g/mol. The molecule has 1 rings (SSSR count). The molecule has 8 heteroatoms. The normalized spacial score (nSPS) is 13.1. The Morgan fingerprint density at radius 3 is 2.35 bits per heavy atom. The number of aliphatic hydroxyl groups is 1. The van der Waals surface area contributed by atoms with Crippen molar-refractivity contribution in [2.24, 2.45) is 0 Å². The summed E-state index contributed by atoms with van der Waals surface area (Å²) in [4.78, 5) is 21.9. The molecule has 1 amide bonds. The fourth-order valence-corrected chi connectivity index (χ4v) is 2.24. The summed E-state index contributed by atoms with van der Waals surface area (Å²) >= 11 is 0. The number of nitrogens with one attached hydrogen (secondary N) is 1. The minimum absolute atomic E-state index is 0.0148. The summed E-state index contributed by atoms with van der Waals surface area (Å²) in [6, 6.07) is 5.97. The minimum Gasteiger partial charge on any atom is -0.480 e. The highest BCUT2D eigenvalue weighted by Gasteiger charge is 2.18. The van der Waals surface area contributed by atoms with Crippen molar-refractivity contribution in [3.05, 3.63) is 41.8 Å². The van der Waals surface area contributed by atoms with E-state index in [1.165, 1.54) is 24.3 Å². The summed E-state index contributed by atoms with van der Waals surface area (Å²) in [7, 11) is -3.77. The molecule has 0 aliphatic heterocycles. The molecule has 7 nitrogen and oxygen atoms in total. The Kier molecular flexibility index (Phi) is 5.42. The van der Waals surface area contributed by atoms with Gasteiger partial charge >= 0.3 is 5.97 Å². The smallest absolute Gasteiger partial charge is 0.328 e. The lowest BCUT2D eigenvalue weighted by molar-refractivity contribution is -0.142. The first-order chi connectivity index (χ1) is 9.36. The Hall–Kier alpha value is -2.19. The van der Waals surface area contributed by atoms with Crippen molar-refractivity contribution in [3.63, 3.8) is 0 Å². The lowest BCUT2D eigenvalue weighted by Crippen LogP contribution is -2.42. The molecule has 1 atom stereocenters. The van der Waals surface area contributed by atoms with Crippen molar-refractivity contribution in [2.45, 2.75) is 10.9 Å². The van der Waals surface area contributed by atoms with Crippen molar-refractivity contribution in [3.8, 4) is 0 Å². The zero-order valence-corrected chi connectivity index (χ0v) is 11.1. The third kappa shape index (κ3) is 4.48. The molecular formula is C12H13NO6S. The van der Waals surface area contributed by atoms with Crippen LogP contribution in [0.25, 0.3) is 0 Å². The predicted octanol–water partition coefficient (Wildman–Crippen LogP) is -0.464. The van der Waals surface area contributed by atoms with Crippen LogP contribution in [0.5, 0.6) is 0 Å². The maximum atomic E-state index is 11.8. The van der Waals surface area contributed by atoms with Crippen LogP contribution >= 0.6 is 0 Å². The number of amides is 1. The minimum atomic E-state index is -3.77. The van der Waals surface area contributed by atoms with Crippen LogP contribution in [-0.2, 0) is 19.4 Å². The third-order valence-corrected chi connectivity index (χ3v) is 3.69. The number of carboxylic acid groups (broad SMARTS) is 1. The molecule has 0 aliphatic rings. The highest BCUT2D eigenvalue weighted by atomic mass is 32.2. The zero-order chi connectivity index (χ0) is 15.2. The molecule has 0 radical (unpaired) electrons. The van der Waals surface area contributed by atoms with Gasteiger partial charge in [0, 0.05) is 11.5 Å². The van der Waals surface area contributed by atoms with Gasteiger partial charge in [-0.1, -0.05) is 18.2 Å². The fraction of sp³-hybridized carbons (Fsp3) is 0.167. The predicted molar refractivity (Wildman–Crippen MR) is 69.4 cm³/mol. The summed E-state index contributed by atoms with van der Waals surface area (Å²) in [6.07, 6.45) is 0.702. The molecule has 0 bridgehead atoms. The average molecular weight is 299 g/mol. The fourth-order valence-electron chi connectivity index (χ4n) is 1.25. The summed E-state index contributed by atoms with van der Waals surface area (Å²) in [6.45, 7) is -0.791. The SMILES string of the molecule is O=C(/C=C/S(=O)(=O)c1ccccc1)NC(CO)C(=O)O. The van der Waals surface area contributed by atoms with Crippen LogP contribution in [0.1, 0.15) is 0 Å². The largest absolute Gasteiger partial charge is 0.480 e. The van der Waals surface area contributed by atoms with E-state index >= 15 is 0 Å². The maximum Gasteiger partial charge on any atom is 0.328 e. The standard InChI is InChI=1S/C12H13NO6S/c14-8-10(12(16)17)13-11(15)6-7-20(18,19)9-4-2-1-3-5-9/h1-7,10,14H,8H2,(H,13,15)(H,16,17)/b7-6+. The number of benzene rings is 1. The van der Waals surface area contributed by atoms with Gasteiger partial charge in [-0.25, -0.2) is 13.2 Å². The van der Waals surface area contributed by atoms with Crippen LogP contribution in [0.2, 0.25) is 0 Å². The molecular weight excluding hydrogens is 286 g/mol. The van der Waals surface area contributed by atoms with Crippen molar-refractivity contribution >= 4 is 21.7 Å². The molecule has 1 aromatic rings. The van der Waals surface area contributed by atoms with E-state index < -0.39 is 34.4 Å². The Bertz CT molecular complexity index is 608. The molecule has 20 heavy (non-hydrogen) atoms. The Balaban J connectivity index is 2.77. The molecule has 0 aliphatic carbocycles. The van der Waals surface area contributed by atoms with Gasteiger partial charge in [0.15, 0.2) is 15.9 Å². The van der Waals surface area contributed by atoms with E-state index in [0.29, 0.717) is 11.5 Å². The summed E-state index contributed by atoms with van der Waals surface area (Å²) < 4.78 is 23.6. The number of sulfone groups is 1. The quantitative estimate of drug-likeness (QED) is 0.611. The van der Waals surface area contributed by atoms with E-state index in [0.717, 1.165) is 0 Å². The molecule has 1 aromatic carbocycles. The first-order valence-corrected chi connectivity index (χ1v) is 7.04. The third-order valence-electron chi connectivity index (χ3n) is 2.27. The number of aliphatic hydroxyl groups excluding tert-OH is 1. The second kappa shape index (κ2) is 6.83. The summed E-state index contributed by atoms with van der Waals surface area (Å²) in [5.41, 5.74) is 0. The number of rotatable bonds is 6. The van der Waals surface area contributed by atoms with E-state index in [2.05, 4.69) is 0 Å². The van der Waals surface area contributed by atoms with Gasteiger partial charge in [0.05, 0.1) is 11.5 Å². The Labute approximate surface area is 115 Å². The maximum absolute atomic E-state index is 11.8. The molecule has 108 valence electrons.